The summed E-state index contributed by atoms with van der Waals surface area (Å²) in [6, 6.07) is 4.27. The monoisotopic (exact) mass is 289 g/mol. The minimum Gasteiger partial charge on any atom is -0.389 e. The van der Waals surface area contributed by atoms with Gasteiger partial charge >= 0.3 is 0 Å². The number of hydrogen-bond donors (Lipinski definition) is 2. The van der Waals surface area contributed by atoms with Gasteiger partial charge in [0.25, 0.3) is 0 Å². The van der Waals surface area contributed by atoms with E-state index < -0.39 is 5.60 Å². The maximum Gasteiger partial charge on any atom is 0.128 e. The van der Waals surface area contributed by atoms with Crippen LogP contribution in [0.25, 0.3) is 0 Å². The second kappa shape index (κ2) is 6.75. The van der Waals surface area contributed by atoms with E-state index in [1.807, 2.05) is 6.20 Å². The standard InChI is InChI=1S/C17H27N3O/c21-17(8-2-1-3-9-17)14-18-12-15-6-7-16(19-13-15)20-10-4-5-11-20/h6-7,13,18,21H,1-5,8-12,14H2. The molecule has 1 saturated heterocycles. The molecule has 0 aromatic carbocycles. The van der Waals surface area contributed by atoms with Crippen LogP contribution in [0, 0.1) is 0 Å². The third kappa shape index (κ3) is 3.95. The molecule has 116 valence electrons. The minimum absolute atomic E-state index is 0.485. The van der Waals surface area contributed by atoms with Crippen molar-refractivity contribution in [1.82, 2.24) is 10.3 Å². The van der Waals surface area contributed by atoms with Gasteiger partial charge in [-0.3, -0.25) is 0 Å². The second-order valence-corrected chi connectivity index (χ2v) is 6.61. The Hall–Kier alpha value is -1.13. The molecule has 1 aliphatic heterocycles. The van der Waals surface area contributed by atoms with Gasteiger partial charge in [0, 0.05) is 32.4 Å². The molecule has 1 aromatic heterocycles. The van der Waals surface area contributed by atoms with Gasteiger partial charge in [-0.25, -0.2) is 4.98 Å². The van der Waals surface area contributed by atoms with Crippen LogP contribution in [0.1, 0.15) is 50.5 Å². The normalized spacial score (nSPS) is 21.7. The molecule has 4 heteroatoms. The number of aliphatic hydroxyl groups is 1. The van der Waals surface area contributed by atoms with Crippen LogP contribution in [-0.4, -0.2) is 35.3 Å². The Balaban J connectivity index is 1.46. The van der Waals surface area contributed by atoms with Crippen molar-refractivity contribution >= 4 is 5.82 Å². The zero-order valence-corrected chi connectivity index (χ0v) is 12.9. The van der Waals surface area contributed by atoms with E-state index in [-0.39, 0.29) is 0 Å². The number of pyridine rings is 1. The van der Waals surface area contributed by atoms with Gasteiger partial charge in [0.15, 0.2) is 0 Å². The fourth-order valence-electron chi connectivity index (χ4n) is 3.48. The molecule has 3 rings (SSSR count). The lowest BCUT2D eigenvalue weighted by Gasteiger charge is -2.32. The van der Waals surface area contributed by atoms with Crippen LogP contribution in [0.4, 0.5) is 5.82 Å². The molecule has 2 fully saturated rings. The van der Waals surface area contributed by atoms with Gasteiger partial charge in [0.2, 0.25) is 0 Å². The van der Waals surface area contributed by atoms with Crippen LogP contribution in [0.15, 0.2) is 18.3 Å². The van der Waals surface area contributed by atoms with Crippen molar-refractivity contribution in [2.75, 3.05) is 24.5 Å². The Morgan fingerprint density at radius 3 is 2.52 bits per heavy atom. The van der Waals surface area contributed by atoms with Crippen LogP contribution >= 0.6 is 0 Å². The topological polar surface area (TPSA) is 48.4 Å². The molecule has 2 N–H and O–H groups in total. The van der Waals surface area contributed by atoms with Gasteiger partial charge in [-0.2, -0.15) is 0 Å². The van der Waals surface area contributed by atoms with Crippen molar-refractivity contribution in [3.63, 3.8) is 0 Å². The van der Waals surface area contributed by atoms with Gasteiger partial charge in [0.05, 0.1) is 5.60 Å². The summed E-state index contributed by atoms with van der Waals surface area (Å²) in [5, 5.41) is 13.8. The quantitative estimate of drug-likeness (QED) is 0.874. The second-order valence-electron chi connectivity index (χ2n) is 6.61. The molecule has 0 bridgehead atoms. The van der Waals surface area contributed by atoms with E-state index in [0.717, 1.165) is 51.1 Å². The molecule has 0 amide bonds. The lowest BCUT2D eigenvalue weighted by Crippen LogP contribution is -2.41. The third-order valence-corrected chi connectivity index (χ3v) is 4.81. The molecule has 0 radical (unpaired) electrons. The van der Waals surface area contributed by atoms with E-state index in [9.17, 15) is 5.11 Å². The van der Waals surface area contributed by atoms with Crippen LogP contribution in [0.5, 0.6) is 0 Å². The predicted molar refractivity (Wildman–Crippen MR) is 85.4 cm³/mol. The first kappa shape index (κ1) is 14.8. The first-order chi connectivity index (χ1) is 10.3. The summed E-state index contributed by atoms with van der Waals surface area (Å²) in [4.78, 5) is 6.92. The lowest BCUT2D eigenvalue weighted by molar-refractivity contribution is 0.00467. The zero-order valence-electron chi connectivity index (χ0n) is 12.9. The van der Waals surface area contributed by atoms with Crippen molar-refractivity contribution in [2.24, 2.45) is 0 Å². The summed E-state index contributed by atoms with van der Waals surface area (Å²) in [5.41, 5.74) is 0.707. The Labute approximate surface area is 127 Å². The Bertz CT molecular complexity index is 434. The van der Waals surface area contributed by atoms with Crippen LogP contribution in [-0.2, 0) is 6.54 Å². The highest BCUT2D eigenvalue weighted by Crippen LogP contribution is 2.27. The molecule has 0 atom stereocenters. The summed E-state index contributed by atoms with van der Waals surface area (Å²) in [7, 11) is 0. The third-order valence-electron chi connectivity index (χ3n) is 4.81. The van der Waals surface area contributed by atoms with Crippen molar-refractivity contribution in [1.29, 1.82) is 0 Å². The van der Waals surface area contributed by atoms with E-state index in [4.69, 9.17) is 0 Å². The molecular weight excluding hydrogens is 262 g/mol. The zero-order chi connectivity index (χ0) is 14.5. The molecule has 21 heavy (non-hydrogen) atoms. The highest BCUT2D eigenvalue weighted by Gasteiger charge is 2.28. The van der Waals surface area contributed by atoms with E-state index >= 15 is 0 Å². The number of nitrogens with zero attached hydrogens (tertiary/aromatic N) is 2. The summed E-state index contributed by atoms with van der Waals surface area (Å²) in [6.07, 6.45) is 9.98. The molecular formula is C17H27N3O. The molecule has 4 nitrogen and oxygen atoms in total. The Kier molecular flexibility index (Phi) is 4.76. The van der Waals surface area contributed by atoms with Crippen molar-refractivity contribution in [2.45, 2.75) is 57.1 Å². The van der Waals surface area contributed by atoms with E-state index in [1.165, 1.54) is 24.8 Å². The minimum atomic E-state index is -0.485. The highest BCUT2D eigenvalue weighted by molar-refractivity contribution is 5.40. The van der Waals surface area contributed by atoms with E-state index in [2.05, 4.69) is 27.3 Å². The first-order valence-corrected chi connectivity index (χ1v) is 8.38. The maximum absolute atomic E-state index is 10.5. The molecule has 2 heterocycles. The number of rotatable bonds is 5. The van der Waals surface area contributed by atoms with Crippen molar-refractivity contribution < 1.29 is 5.11 Å². The van der Waals surface area contributed by atoms with E-state index in [0.29, 0.717) is 6.54 Å². The molecule has 0 unspecified atom stereocenters. The molecule has 0 spiro atoms. The number of anilines is 1. The molecule has 1 aromatic rings. The largest absolute Gasteiger partial charge is 0.389 e. The van der Waals surface area contributed by atoms with Gasteiger partial charge < -0.3 is 15.3 Å². The summed E-state index contributed by atoms with van der Waals surface area (Å²) >= 11 is 0. The highest BCUT2D eigenvalue weighted by atomic mass is 16.3. The van der Waals surface area contributed by atoms with Crippen molar-refractivity contribution in [3.05, 3.63) is 23.9 Å². The summed E-state index contributed by atoms with van der Waals surface area (Å²) < 4.78 is 0. The average molecular weight is 289 g/mol. The molecule has 1 saturated carbocycles. The van der Waals surface area contributed by atoms with Gasteiger partial charge in [0.1, 0.15) is 5.82 Å². The van der Waals surface area contributed by atoms with E-state index in [1.54, 1.807) is 0 Å². The number of hydrogen-bond acceptors (Lipinski definition) is 4. The SMILES string of the molecule is OC1(CNCc2ccc(N3CCCC3)nc2)CCCCC1. The lowest BCUT2D eigenvalue weighted by atomic mass is 9.85. The van der Waals surface area contributed by atoms with Crippen molar-refractivity contribution in [3.8, 4) is 0 Å². The fraction of sp³-hybridized carbons (Fsp3) is 0.706. The van der Waals surface area contributed by atoms with Gasteiger partial charge in [-0.05, 0) is 37.3 Å². The van der Waals surface area contributed by atoms with Crippen LogP contribution in [0.3, 0.4) is 0 Å². The van der Waals surface area contributed by atoms with Gasteiger partial charge in [-0.15, -0.1) is 0 Å². The maximum atomic E-state index is 10.5. The summed E-state index contributed by atoms with van der Waals surface area (Å²) in [6.45, 7) is 3.76. The van der Waals surface area contributed by atoms with Crippen LogP contribution in [0.2, 0.25) is 0 Å². The summed E-state index contributed by atoms with van der Waals surface area (Å²) in [5.74, 6) is 1.10. The average Bonchev–Trinajstić information content (AvgIpc) is 3.03. The first-order valence-electron chi connectivity index (χ1n) is 8.38. The van der Waals surface area contributed by atoms with Gasteiger partial charge in [-0.1, -0.05) is 25.3 Å². The number of nitrogens with one attached hydrogen (secondary N) is 1. The fourth-order valence-corrected chi connectivity index (χ4v) is 3.48. The number of aromatic nitrogens is 1. The molecule has 2 aliphatic rings. The smallest absolute Gasteiger partial charge is 0.128 e. The molecule has 1 aliphatic carbocycles. The Morgan fingerprint density at radius 2 is 1.86 bits per heavy atom. The Morgan fingerprint density at radius 1 is 1.10 bits per heavy atom. The predicted octanol–water partition coefficient (Wildman–Crippen LogP) is 2.47. The van der Waals surface area contributed by atoms with Crippen LogP contribution < -0.4 is 10.2 Å².